The molecule has 5 aromatic carbocycles. The zero-order valence-corrected chi connectivity index (χ0v) is 22.5. The van der Waals surface area contributed by atoms with Gasteiger partial charge in [0.1, 0.15) is 22.8 Å². The molecule has 6 heteroatoms. The lowest BCUT2D eigenvalue weighted by Crippen LogP contribution is -1.99. The number of hydrogen-bond donors (Lipinski definition) is 0. The van der Waals surface area contributed by atoms with E-state index < -0.39 is 12.7 Å². The number of para-hydroxylation sites is 3. The van der Waals surface area contributed by atoms with E-state index in [1.165, 1.54) is 12.1 Å². The van der Waals surface area contributed by atoms with Gasteiger partial charge in [-0.2, -0.15) is 0 Å². The molecule has 4 heterocycles. The SMILES string of the molecule is [2H]C([2H])([2H])c1ccc2c(n1)oc1c(-c3nc4ccccc4n3-c3ccc(-c4ccccc4)c4oc5ccccc5c34)ccc(F)c12. The van der Waals surface area contributed by atoms with Gasteiger partial charge >= 0.3 is 0 Å². The van der Waals surface area contributed by atoms with Crippen molar-refractivity contribution in [2.45, 2.75) is 6.85 Å². The minimum absolute atomic E-state index is 0.0491. The first-order valence-corrected chi connectivity index (χ1v) is 13.9. The number of fused-ring (bicyclic) bond motifs is 7. The fraction of sp³-hybridized carbons (Fsp3) is 0.0270. The highest BCUT2D eigenvalue weighted by molar-refractivity contribution is 6.15. The summed E-state index contributed by atoms with van der Waals surface area (Å²) < 4.78 is 53.7. The minimum Gasteiger partial charge on any atom is -0.455 e. The van der Waals surface area contributed by atoms with Crippen molar-refractivity contribution in [2.75, 3.05) is 0 Å². The van der Waals surface area contributed by atoms with Crippen LogP contribution in [0.4, 0.5) is 4.39 Å². The molecule has 4 aromatic heterocycles. The van der Waals surface area contributed by atoms with Crippen LogP contribution in [0.25, 0.3) is 83.2 Å². The number of hydrogen-bond acceptors (Lipinski definition) is 4. The monoisotopic (exact) mass is 562 g/mol. The molecule has 9 rings (SSSR count). The summed E-state index contributed by atoms with van der Waals surface area (Å²) in [5, 5.41) is 2.46. The molecule has 5 nitrogen and oxygen atoms in total. The first kappa shape index (κ1) is 21.0. The van der Waals surface area contributed by atoms with E-state index in [-0.39, 0.29) is 22.4 Å². The molecule has 204 valence electrons. The standard InChI is InChI=1S/C37H22FN3O2/c1-21-15-16-25-32-27(38)19-17-26(35(32)43-37(25)39-21)36-40-28-12-6-7-13-29(28)41(36)30-20-18-23(22-9-3-2-4-10-22)34-33(30)24-11-5-8-14-31(24)42-34/h2-20H,1H3/i1D3. The van der Waals surface area contributed by atoms with E-state index in [1.807, 2.05) is 66.7 Å². The van der Waals surface area contributed by atoms with Crippen LogP contribution in [-0.4, -0.2) is 14.5 Å². The molecule has 0 N–H and O–H groups in total. The summed E-state index contributed by atoms with van der Waals surface area (Å²) in [7, 11) is 0. The van der Waals surface area contributed by atoms with Gasteiger partial charge in [-0.3, -0.25) is 4.57 Å². The van der Waals surface area contributed by atoms with E-state index in [4.69, 9.17) is 17.9 Å². The van der Waals surface area contributed by atoms with E-state index >= 15 is 4.39 Å². The average Bonchev–Trinajstić information content (AvgIpc) is 3.76. The topological polar surface area (TPSA) is 57.0 Å². The third-order valence-electron chi connectivity index (χ3n) is 8.07. The highest BCUT2D eigenvalue weighted by atomic mass is 19.1. The molecule has 0 saturated carbocycles. The lowest BCUT2D eigenvalue weighted by atomic mass is 10.0. The Balaban J connectivity index is 1.39. The number of furan rings is 2. The Labute approximate surface area is 248 Å². The Bertz CT molecular complexity index is 2650. The highest BCUT2D eigenvalue weighted by Crippen LogP contribution is 2.43. The molecule has 0 saturated heterocycles. The Kier molecular flexibility index (Phi) is 4.34. The molecule has 0 aliphatic carbocycles. The van der Waals surface area contributed by atoms with Crippen LogP contribution < -0.4 is 0 Å². The average molecular weight is 563 g/mol. The zero-order chi connectivity index (χ0) is 31.2. The number of imidazole rings is 1. The number of aryl methyl sites for hydroxylation is 1. The number of pyridine rings is 1. The minimum atomic E-state index is -2.44. The van der Waals surface area contributed by atoms with Gasteiger partial charge in [0.2, 0.25) is 5.71 Å². The molecule has 43 heavy (non-hydrogen) atoms. The number of benzene rings is 5. The maximum atomic E-state index is 15.5. The quantitative estimate of drug-likeness (QED) is 0.215. The summed E-state index contributed by atoms with van der Waals surface area (Å²) in [6, 6.07) is 35.9. The smallest absolute Gasteiger partial charge is 0.227 e. The van der Waals surface area contributed by atoms with Crippen LogP contribution in [0.2, 0.25) is 0 Å². The van der Waals surface area contributed by atoms with Crippen LogP contribution in [0, 0.1) is 12.7 Å². The van der Waals surface area contributed by atoms with E-state index in [0.29, 0.717) is 16.8 Å². The molecule has 9 aromatic rings. The Morgan fingerprint density at radius 2 is 1.47 bits per heavy atom. The predicted molar refractivity (Wildman–Crippen MR) is 169 cm³/mol. The van der Waals surface area contributed by atoms with Crippen molar-refractivity contribution in [1.82, 2.24) is 14.5 Å². The van der Waals surface area contributed by atoms with Crippen molar-refractivity contribution in [1.29, 1.82) is 0 Å². The third kappa shape index (κ3) is 3.44. The van der Waals surface area contributed by atoms with Crippen LogP contribution >= 0.6 is 0 Å². The van der Waals surface area contributed by atoms with Crippen molar-refractivity contribution in [3.8, 4) is 28.2 Å². The molecule has 0 fully saturated rings. The molecular weight excluding hydrogens is 537 g/mol. The van der Waals surface area contributed by atoms with Crippen LogP contribution in [-0.2, 0) is 0 Å². The molecule has 0 aliphatic rings. The number of halogens is 1. The Morgan fingerprint density at radius 1 is 0.674 bits per heavy atom. The Hall–Kier alpha value is -5.75. The van der Waals surface area contributed by atoms with E-state index in [0.717, 1.165) is 49.8 Å². The van der Waals surface area contributed by atoms with Gasteiger partial charge in [-0.25, -0.2) is 14.4 Å². The number of nitrogens with zero attached hydrogens (tertiary/aromatic N) is 3. The van der Waals surface area contributed by atoms with Crippen LogP contribution in [0.3, 0.4) is 0 Å². The summed E-state index contributed by atoms with van der Waals surface area (Å²) in [5.41, 5.74) is 6.59. The second kappa shape index (κ2) is 8.87. The van der Waals surface area contributed by atoms with E-state index in [2.05, 4.69) is 33.8 Å². The summed E-state index contributed by atoms with van der Waals surface area (Å²) in [6.45, 7) is -2.44. The first-order valence-electron chi connectivity index (χ1n) is 15.4. The second-order valence-corrected chi connectivity index (χ2v) is 10.5. The number of rotatable bonds is 3. The van der Waals surface area contributed by atoms with Crippen molar-refractivity contribution < 1.29 is 17.3 Å². The van der Waals surface area contributed by atoms with Crippen LogP contribution in [0.5, 0.6) is 0 Å². The van der Waals surface area contributed by atoms with Crippen molar-refractivity contribution in [3.05, 3.63) is 127 Å². The van der Waals surface area contributed by atoms with Crippen molar-refractivity contribution in [2.24, 2.45) is 0 Å². The van der Waals surface area contributed by atoms with Gasteiger partial charge in [-0.15, -0.1) is 0 Å². The molecule has 0 aliphatic heterocycles. The highest BCUT2D eigenvalue weighted by Gasteiger charge is 2.25. The van der Waals surface area contributed by atoms with E-state index in [9.17, 15) is 0 Å². The molecule has 0 radical (unpaired) electrons. The fourth-order valence-corrected chi connectivity index (χ4v) is 6.19. The van der Waals surface area contributed by atoms with Crippen molar-refractivity contribution >= 4 is 55.0 Å². The van der Waals surface area contributed by atoms with Gasteiger partial charge < -0.3 is 8.83 Å². The van der Waals surface area contributed by atoms with Crippen LogP contribution in [0.15, 0.2) is 124 Å². The fourth-order valence-electron chi connectivity index (χ4n) is 6.19. The van der Waals surface area contributed by atoms with Gasteiger partial charge in [0, 0.05) is 20.8 Å². The molecule has 0 bridgehead atoms. The lowest BCUT2D eigenvalue weighted by Gasteiger charge is -2.13. The van der Waals surface area contributed by atoms with E-state index in [1.54, 1.807) is 12.1 Å². The normalized spacial score (nSPS) is 13.3. The first-order chi connectivity index (χ1) is 22.4. The Morgan fingerprint density at radius 3 is 2.37 bits per heavy atom. The third-order valence-corrected chi connectivity index (χ3v) is 8.07. The summed E-state index contributed by atoms with van der Waals surface area (Å²) in [6.07, 6.45) is 0. The number of aromatic nitrogens is 3. The molecule has 0 spiro atoms. The van der Waals surface area contributed by atoms with Crippen molar-refractivity contribution in [3.63, 3.8) is 0 Å². The maximum Gasteiger partial charge on any atom is 0.227 e. The lowest BCUT2D eigenvalue weighted by molar-refractivity contribution is 0.631. The second-order valence-electron chi connectivity index (χ2n) is 10.5. The van der Waals surface area contributed by atoms with Gasteiger partial charge in [0.05, 0.1) is 38.4 Å². The predicted octanol–water partition coefficient (Wildman–Crippen LogP) is 10.0. The maximum absolute atomic E-state index is 15.5. The summed E-state index contributed by atoms with van der Waals surface area (Å²) in [4.78, 5) is 9.31. The van der Waals surface area contributed by atoms with Gasteiger partial charge in [-0.1, -0.05) is 60.7 Å². The van der Waals surface area contributed by atoms with Gasteiger partial charge in [0.25, 0.3) is 0 Å². The van der Waals surface area contributed by atoms with Gasteiger partial charge in [-0.05, 0) is 67.0 Å². The molecule has 0 amide bonds. The molecule has 0 atom stereocenters. The summed E-state index contributed by atoms with van der Waals surface area (Å²) in [5.74, 6) is 0.0272. The summed E-state index contributed by atoms with van der Waals surface area (Å²) >= 11 is 0. The molecule has 0 unspecified atom stereocenters. The van der Waals surface area contributed by atoms with Gasteiger partial charge in [0.15, 0.2) is 5.58 Å². The van der Waals surface area contributed by atoms with Crippen LogP contribution in [0.1, 0.15) is 9.81 Å². The molecular formula is C37H22FN3O2. The largest absolute Gasteiger partial charge is 0.455 e. The zero-order valence-electron chi connectivity index (χ0n) is 25.5.